The van der Waals surface area contributed by atoms with E-state index in [-0.39, 0.29) is 0 Å². The maximum atomic E-state index is 5.10. The molecule has 1 aromatic carbocycles. The summed E-state index contributed by atoms with van der Waals surface area (Å²) in [5.74, 6) is 0. The van der Waals surface area contributed by atoms with Crippen LogP contribution in [0.5, 0.6) is 0 Å². The molecule has 1 rings (SSSR count). The molecule has 96 valence electrons. The maximum absolute atomic E-state index is 5.10. The van der Waals surface area contributed by atoms with Crippen LogP contribution < -0.4 is 0 Å². The van der Waals surface area contributed by atoms with Crippen molar-refractivity contribution in [3.8, 4) is 0 Å². The number of aryl methyl sites for hydroxylation is 2. The van der Waals surface area contributed by atoms with E-state index < -0.39 is 0 Å². The summed E-state index contributed by atoms with van der Waals surface area (Å²) in [6, 6.07) is 6.54. The number of ether oxygens (including phenoxy) is 2. The van der Waals surface area contributed by atoms with Crippen LogP contribution in [0, 0.1) is 0 Å². The molecular weight excluding hydrogens is 280 g/mol. The van der Waals surface area contributed by atoms with Gasteiger partial charge in [-0.25, -0.2) is 0 Å². The van der Waals surface area contributed by atoms with Crippen LogP contribution in [-0.2, 0) is 22.3 Å². The van der Waals surface area contributed by atoms with Gasteiger partial charge in [-0.1, -0.05) is 22.0 Å². The van der Waals surface area contributed by atoms with Gasteiger partial charge in [-0.05, 0) is 48.9 Å². The van der Waals surface area contributed by atoms with Gasteiger partial charge in [0.25, 0.3) is 0 Å². The van der Waals surface area contributed by atoms with Crippen LogP contribution in [0.15, 0.2) is 22.7 Å². The highest BCUT2D eigenvalue weighted by atomic mass is 79.9. The van der Waals surface area contributed by atoms with E-state index in [1.807, 2.05) is 0 Å². The Labute approximate surface area is 112 Å². The monoisotopic (exact) mass is 300 g/mol. The van der Waals surface area contributed by atoms with Crippen molar-refractivity contribution in [3.05, 3.63) is 33.8 Å². The van der Waals surface area contributed by atoms with Crippen LogP contribution >= 0.6 is 15.9 Å². The number of rotatable bonds is 8. The Balaban J connectivity index is 2.59. The number of halogens is 1. The van der Waals surface area contributed by atoms with E-state index in [1.54, 1.807) is 14.2 Å². The molecule has 0 radical (unpaired) electrons. The molecule has 0 spiro atoms. The SMILES string of the molecule is COCCCc1ccc(Br)cc1CCCOC. The Kier molecular flexibility index (Phi) is 7.49. The zero-order valence-corrected chi connectivity index (χ0v) is 12.3. The van der Waals surface area contributed by atoms with E-state index in [2.05, 4.69) is 34.1 Å². The Morgan fingerprint density at radius 3 is 2.12 bits per heavy atom. The molecule has 0 aliphatic rings. The summed E-state index contributed by atoms with van der Waals surface area (Å²) in [5.41, 5.74) is 2.86. The second-order valence-electron chi connectivity index (χ2n) is 4.11. The van der Waals surface area contributed by atoms with Gasteiger partial charge in [0.1, 0.15) is 0 Å². The fourth-order valence-corrected chi connectivity index (χ4v) is 2.29. The van der Waals surface area contributed by atoms with Gasteiger partial charge in [0.15, 0.2) is 0 Å². The summed E-state index contributed by atoms with van der Waals surface area (Å²) in [6.45, 7) is 1.65. The van der Waals surface area contributed by atoms with Crippen molar-refractivity contribution in [3.63, 3.8) is 0 Å². The summed E-state index contributed by atoms with van der Waals surface area (Å²) in [7, 11) is 3.50. The Hall–Kier alpha value is -0.380. The van der Waals surface area contributed by atoms with Crippen molar-refractivity contribution in [2.45, 2.75) is 25.7 Å². The number of hydrogen-bond acceptors (Lipinski definition) is 2. The molecule has 0 aromatic heterocycles. The molecule has 1 aromatic rings. The van der Waals surface area contributed by atoms with Crippen molar-refractivity contribution in [2.75, 3.05) is 27.4 Å². The third-order valence-electron chi connectivity index (χ3n) is 2.76. The molecule has 0 heterocycles. The summed E-state index contributed by atoms with van der Waals surface area (Å²) in [6.07, 6.45) is 4.32. The van der Waals surface area contributed by atoms with Crippen LogP contribution in [0.1, 0.15) is 24.0 Å². The van der Waals surface area contributed by atoms with E-state index in [4.69, 9.17) is 9.47 Å². The van der Waals surface area contributed by atoms with Gasteiger partial charge >= 0.3 is 0 Å². The average molecular weight is 301 g/mol. The summed E-state index contributed by atoms with van der Waals surface area (Å²) >= 11 is 3.53. The molecule has 3 heteroatoms. The van der Waals surface area contributed by atoms with Gasteiger partial charge in [-0.2, -0.15) is 0 Å². The normalized spacial score (nSPS) is 10.8. The molecule has 0 fully saturated rings. The van der Waals surface area contributed by atoms with E-state index in [1.165, 1.54) is 11.1 Å². The first kappa shape index (κ1) is 14.7. The number of hydrogen-bond donors (Lipinski definition) is 0. The van der Waals surface area contributed by atoms with E-state index in [0.717, 1.165) is 43.4 Å². The molecule has 0 aliphatic carbocycles. The van der Waals surface area contributed by atoms with E-state index in [0.29, 0.717) is 0 Å². The highest BCUT2D eigenvalue weighted by Crippen LogP contribution is 2.19. The molecule has 0 saturated heterocycles. The highest BCUT2D eigenvalue weighted by molar-refractivity contribution is 9.10. The Morgan fingerprint density at radius 2 is 1.53 bits per heavy atom. The minimum absolute atomic E-state index is 0.823. The lowest BCUT2D eigenvalue weighted by Crippen LogP contribution is -2.00. The van der Waals surface area contributed by atoms with E-state index in [9.17, 15) is 0 Å². The minimum Gasteiger partial charge on any atom is -0.385 e. The molecule has 0 aliphatic heterocycles. The van der Waals surface area contributed by atoms with Gasteiger partial charge in [-0.3, -0.25) is 0 Å². The molecular formula is C14H21BrO2. The largest absolute Gasteiger partial charge is 0.385 e. The van der Waals surface area contributed by atoms with Crippen molar-refractivity contribution in [1.82, 2.24) is 0 Å². The van der Waals surface area contributed by atoms with Crippen molar-refractivity contribution >= 4 is 15.9 Å². The first-order valence-corrected chi connectivity index (χ1v) is 6.82. The molecule has 2 nitrogen and oxygen atoms in total. The second kappa shape index (κ2) is 8.67. The molecule has 0 N–H and O–H groups in total. The second-order valence-corrected chi connectivity index (χ2v) is 5.02. The smallest absolute Gasteiger partial charge is 0.0465 e. The standard InChI is InChI=1S/C14H21BrO2/c1-16-9-3-5-12-7-8-14(15)11-13(12)6-4-10-17-2/h7-8,11H,3-6,9-10H2,1-2H3. The van der Waals surface area contributed by atoms with E-state index >= 15 is 0 Å². The predicted molar refractivity (Wildman–Crippen MR) is 74.5 cm³/mol. The van der Waals surface area contributed by atoms with Gasteiger partial charge in [-0.15, -0.1) is 0 Å². The highest BCUT2D eigenvalue weighted by Gasteiger charge is 2.03. The predicted octanol–water partition coefficient (Wildman–Crippen LogP) is 3.61. The lowest BCUT2D eigenvalue weighted by molar-refractivity contribution is 0.194. The van der Waals surface area contributed by atoms with Gasteiger partial charge in [0, 0.05) is 31.9 Å². The van der Waals surface area contributed by atoms with Crippen LogP contribution in [-0.4, -0.2) is 27.4 Å². The van der Waals surface area contributed by atoms with Gasteiger partial charge < -0.3 is 9.47 Å². The first-order chi connectivity index (χ1) is 8.27. The Morgan fingerprint density at radius 1 is 0.941 bits per heavy atom. The zero-order valence-electron chi connectivity index (χ0n) is 10.7. The van der Waals surface area contributed by atoms with Gasteiger partial charge in [0.2, 0.25) is 0 Å². The lowest BCUT2D eigenvalue weighted by atomic mass is 9.99. The quantitative estimate of drug-likeness (QED) is 0.683. The van der Waals surface area contributed by atoms with Crippen molar-refractivity contribution in [1.29, 1.82) is 0 Å². The number of benzene rings is 1. The topological polar surface area (TPSA) is 18.5 Å². The third-order valence-corrected chi connectivity index (χ3v) is 3.25. The fourth-order valence-electron chi connectivity index (χ4n) is 1.89. The molecule has 0 saturated carbocycles. The van der Waals surface area contributed by atoms with Crippen molar-refractivity contribution in [2.24, 2.45) is 0 Å². The van der Waals surface area contributed by atoms with Crippen LogP contribution in [0.3, 0.4) is 0 Å². The number of methoxy groups -OCH3 is 2. The fraction of sp³-hybridized carbons (Fsp3) is 0.571. The van der Waals surface area contributed by atoms with Gasteiger partial charge in [0.05, 0.1) is 0 Å². The molecule has 0 amide bonds. The van der Waals surface area contributed by atoms with Crippen LogP contribution in [0.25, 0.3) is 0 Å². The summed E-state index contributed by atoms with van der Waals surface area (Å²) < 4.78 is 11.4. The average Bonchev–Trinajstić information content (AvgIpc) is 2.32. The summed E-state index contributed by atoms with van der Waals surface area (Å²) in [4.78, 5) is 0. The molecule has 0 atom stereocenters. The van der Waals surface area contributed by atoms with Crippen molar-refractivity contribution < 1.29 is 9.47 Å². The maximum Gasteiger partial charge on any atom is 0.0465 e. The third kappa shape index (κ3) is 5.66. The van der Waals surface area contributed by atoms with Crippen LogP contribution in [0.4, 0.5) is 0 Å². The first-order valence-electron chi connectivity index (χ1n) is 6.03. The van der Waals surface area contributed by atoms with Crippen LogP contribution in [0.2, 0.25) is 0 Å². The Bertz CT molecular complexity index is 326. The molecule has 17 heavy (non-hydrogen) atoms. The lowest BCUT2D eigenvalue weighted by Gasteiger charge is -2.10. The minimum atomic E-state index is 0.823. The summed E-state index contributed by atoms with van der Waals surface area (Å²) in [5, 5.41) is 0. The zero-order chi connectivity index (χ0) is 12.5. The molecule has 0 bridgehead atoms. The molecule has 0 unspecified atom stereocenters.